The fourth-order valence-electron chi connectivity index (χ4n) is 2.10. The van der Waals surface area contributed by atoms with Gasteiger partial charge in [0.2, 0.25) is 11.8 Å². The maximum Gasteiger partial charge on any atom is 0.241 e. The highest BCUT2D eigenvalue weighted by atomic mass is 32.2. The van der Waals surface area contributed by atoms with Gasteiger partial charge < -0.3 is 10.1 Å². The van der Waals surface area contributed by atoms with Crippen LogP contribution in [0.5, 0.6) is 5.75 Å². The third-order valence-corrected chi connectivity index (χ3v) is 4.26. The topological polar surface area (TPSA) is 71.0 Å². The van der Waals surface area contributed by atoms with Crippen molar-refractivity contribution < 1.29 is 14.3 Å². The van der Waals surface area contributed by atoms with Gasteiger partial charge in [-0.3, -0.25) is 9.59 Å². The average Bonchev–Trinajstić information content (AvgIpc) is 2.76. The highest BCUT2D eigenvalue weighted by molar-refractivity contribution is 8.14. The minimum Gasteiger partial charge on any atom is -0.497 e. The molecule has 2 amide bonds. The normalized spacial score (nSPS) is 21.0. The van der Waals surface area contributed by atoms with Crippen LogP contribution >= 0.6 is 11.8 Å². The molecule has 0 unspecified atom stereocenters. The average molecular weight is 307 g/mol. The van der Waals surface area contributed by atoms with Crippen LogP contribution in [-0.2, 0) is 14.5 Å². The first-order valence-electron chi connectivity index (χ1n) is 6.37. The van der Waals surface area contributed by atoms with Crippen LogP contribution in [-0.4, -0.2) is 29.1 Å². The number of amides is 2. The molecule has 1 aliphatic heterocycles. The van der Waals surface area contributed by atoms with E-state index in [0.29, 0.717) is 10.9 Å². The Labute approximate surface area is 127 Å². The summed E-state index contributed by atoms with van der Waals surface area (Å²) in [5, 5.41) is 8.61. The van der Waals surface area contributed by atoms with Crippen molar-refractivity contribution in [1.29, 1.82) is 0 Å². The van der Waals surface area contributed by atoms with E-state index in [1.807, 2.05) is 31.2 Å². The lowest BCUT2D eigenvalue weighted by atomic mass is 10.1. The Morgan fingerprint density at radius 3 is 2.67 bits per heavy atom. The molecule has 6 nitrogen and oxygen atoms in total. The first kappa shape index (κ1) is 15.4. The molecule has 0 fully saturated rings. The van der Waals surface area contributed by atoms with Crippen molar-refractivity contribution in [3.8, 4) is 5.75 Å². The first-order valence-corrected chi connectivity index (χ1v) is 7.19. The third-order valence-electron chi connectivity index (χ3n) is 3.08. The molecule has 1 aliphatic rings. The van der Waals surface area contributed by atoms with E-state index < -0.39 is 4.87 Å². The summed E-state index contributed by atoms with van der Waals surface area (Å²) < 4.78 is 5.23. The van der Waals surface area contributed by atoms with Gasteiger partial charge >= 0.3 is 0 Å². The zero-order chi connectivity index (χ0) is 15.6. The number of rotatable bonds is 2. The Bertz CT molecular complexity index is 617. The number of hydrogen-bond donors (Lipinski definition) is 1. The van der Waals surface area contributed by atoms with E-state index in [-0.39, 0.29) is 11.8 Å². The lowest BCUT2D eigenvalue weighted by Crippen LogP contribution is -2.37. The number of carbonyl (C=O) groups is 2. The Morgan fingerprint density at radius 1 is 1.38 bits per heavy atom. The summed E-state index contributed by atoms with van der Waals surface area (Å²) in [5.41, 5.74) is 0.867. The zero-order valence-corrected chi connectivity index (χ0v) is 13.2. The number of hydrazone groups is 1. The Balaban J connectivity index is 2.40. The van der Waals surface area contributed by atoms with E-state index in [9.17, 15) is 9.59 Å². The number of nitrogens with zero attached hydrogens (tertiary/aromatic N) is 2. The van der Waals surface area contributed by atoms with Crippen LogP contribution in [0.15, 0.2) is 29.4 Å². The lowest BCUT2D eigenvalue weighted by molar-refractivity contribution is -0.131. The van der Waals surface area contributed by atoms with E-state index in [2.05, 4.69) is 10.4 Å². The summed E-state index contributed by atoms with van der Waals surface area (Å²) in [6, 6.07) is 7.45. The van der Waals surface area contributed by atoms with Crippen molar-refractivity contribution in [2.45, 2.75) is 25.6 Å². The molecule has 0 aliphatic carbocycles. The van der Waals surface area contributed by atoms with Crippen molar-refractivity contribution >= 4 is 28.7 Å². The van der Waals surface area contributed by atoms with Crippen molar-refractivity contribution in [2.24, 2.45) is 5.10 Å². The van der Waals surface area contributed by atoms with Gasteiger partial charge in [0.1, 0.15) is 10.6 Å². The molecule has 0 aromatic heterocycles. The van der Waals surface area contributed by atoms with Gasteiger partial charge in [0.05, 0.1) is 7.11 Å². The number of nitrogens with one attached hydrogen (secondary N) is 1. The minimum atomic E-state index is -0.724. The zero-order valence-electron chi connectivity index (χ0n) is 12.3. The molecule has 112 valence electrons. The monoisotopic (exact) mass is 307 g/mol. The Hall–Kier alpha value is -2.02. The molecule has 0 saturated heterocycles. The van der Waals surface area contributed by atoms with Gasteiger partial charge in [0.25, 0.3) is 0 Å². The highest BCUT2D eigenvalue weighted by Crippen LogP contribution is 2.45. The smallest absolute Gasteiger partial charge is 0.241 e. The van der Waals surface area contributed by atoms with Crippen molar-refractivity contribution in [1.82, 2.24) is 10.3 Å². The molecule has 1 aromatic rings. The predicted molar refractivity (Wildman–Crippen MR) is 81.7 cm³/mol. The SMILES string of the molecule is COc1cccc([C@]2(C)SC(NC(C)=O)=NN2C(C)=O)c1. The molecule has 1 N–H and O–H groups in total. The molecule has 0 saturated carbocycles. The van der Waals surface area contributed by atoms with Crippen molar-refractivity contribution in [2.75, 3.05) is 7.11 Å². The molecule has 1 atom stereocenters. The Morgan fingerprint density at radius 2 is 2.10 bits per heavy atom. The number of thioether (sulfide) groups is 1. The fraction of sp³-hybridized carbons (Fsp3) is 0.357. The summed E-state index contributed by atoms with van der Waals surface area (Å²) >= 11 is 1.32. The van der Waals surface area contributed by atoms with E-state index in [4.69, 9.17) is 4.74 Å². The molecule has 21 heavy (non-hydrogen) atoms. The second-order valence-corrected chi connectivity index (χ2v) is 6.12. The van der Waals surface area contributed by atoms with E-state index in [1.54, 1.807) is 7.11 Å². The van der Waals surface area contributed by atoms with Crippen LogP contribution in [0.25, 0.3) is 0 Å². The summed E-state index contributed by atoms with van der Waals surface area (Å²) in [6.07, 6.45) is 0. The number of benzene rings is 1. The molecule has 0 spiro atoms. The number of amidine groups is 1. The molecular weight excluding hydrogens is 290 g/mol. The van der Waals surface area contributed by atoms with Crippen LogP contribution < -0.4 is 10.1 Å². The molecule has 1 heterocycles. The van der Waals surface area contributed by atoms with Gasteiger partial charge in [-0.15, -0.1) is 5.10 Å². The minimum absolute atomic E-state index is 0.201. The van der Waals surface area contributed by atoms with Gasteiger partial charge in [-0.2, -0.15) is 0 Å². The maximum absolute atomic E-state index is 11.9. The maximum atomic E-state index is 11.9. The molecule has 1 aromatic carbocycles. The second-order valence-electron chi connectivity index (χ2n) is 4.73. The van der Waals surface area contributed by atoms with Gasteiger partial charge in [0.15, 0.2) is 5.17 Å². The number of carbonyl (C=O) groups excluding carboxylic acids is 2. The lowest BCUT2D eigenvalue weighted by Gasteiger charge is -2.31. The summed E-state index contributed by atoms with van der Waals surface area (Å²) in [7, 11) is 1.59. The molecule has 2 rings (SSSR count). The largest absolute Gasteiger partial charge is 0.497 e. The Kier molecular flexibility index (Phi) is 4.22. The summed E-state index contributed by atoms with van der Waals surface area (Å²) in [4.78, 5) is 22.4. The van der Waals surface area contributed by atoms with Crippen molar-refractivity contribution in [3.05, 3.63) is 29.8 Å². The fourth-order valence-corrected chi connectivity index (χ4v) is 3.30. The van der Waals surface area contributed by atoms with E-state index >= 15 is 0 Å². The predicted octanol–water partition coefficient (Wildman–Crippen LogP) is 1.87. The standard InChI is InChI=1S/C14H17N3O3S/c1-9(18)15-13-16-17(10(2)19)14(3,21-13)11-6-5-7-12(8-11)20-4/h5-8H,1-4H3,(H,15,16,18)/t14-/m0/s1. The van der Waals surface area contributed by atoms with Crippen LogP contribution in [0.4, 0.5) is 0 Å². The van der Waals surface area contributed by atoms with Gasteiger partial charge in [-0.25, -0.2) is 5.01 Å². The van der Waals surface area contributed by atoms with E-state index in [0.717, 1.165) is 5.56 Å². The van der Waals surface area contributed by atoms with Crippen LogP contribution in [0.3, 0.4) is 0 Å². The quantitative estimate of drug-likeness (QED) is 0.905. The van der Waals surface area contributed by atoms with Gasteiger partial charge in [0, 0.05) is 13.8 Å². The van der Waals surface area contributed by atoms with Crippen molar-refractivity contribution in [3.63, 3.8) is 0 Å². The van der Waals surface area contributed by atoms with Gasteiger partial charge in [-0.05, 0) is 24.6 Å². The number of methoxy groups -OCH3 is 1. The highest BCUT2D eigenvalue weighted by Gasteiger charge is 2.44. The molecular formula is C14H17N3O3S. The second kappa shape index (κ2) is 5.77. The first-order chi connectivity index (χ1) is 9.86. The summed E-state index contributed by atoms with van der Waals surface area (Å²) in [5.74, 6) is 0.277. The van der Waals surface area contributed by atoms with E-state index in [1.165, 1.54) is 30.6 Å². The molecule has 0 bridgehead atoms. The van der Waals surface area contributed by atoms with Crippen LogP contribution in [0, 0.1) is 0 Å². The summed E-state index contributed by atoms with van der Waals surface area (Å²) in [6.45, 7) is 4.73. The molecule has 0 radical (unpaired) electrons. The van der Waals surface area contributed by atoms with Crippen LogP contribution in [0.1, 0.15) is 26.3 Å². The van der Waals surface area contributed by atoms with Gasteiger partial charge in [-0.1, -0.05) is 23.9 Å². The number of ether oxygens (including phenoxy) is 1. The molecule has 7 heteroatoms. The number of hydrogen-bond acceptors (Lipinski definition) is 5. The third kappa shape index (κ3) is 3.02. The van der Waals surface area contributed by atoms with Crippen LogP contribution in [0.2, 0.25) is 0 Å².